The highest BCUT2D eigenvalue weighted by Crippen LogP contribution is 2.28. The Labute approximate surface area is 119 Å². The zero-order valence-electron chi connectivity index (χ0n) is 11.3. The van der Waals surface area contributed by atoms with Crippen LogP contribution < -0.4 is 4.74 Å². The Morgan fingerprint density at radius 1 is 1.19 bits per heavy atom. The van der Waals surface area contributed by atoms with Crippen LogP contribution >= 0.6 is 0 Å². The number of aliphatic imine (C=N–C) groups is 1. The minimum absolute atomic E-state index is 0.118. The Balaban J connectivity index is 3.18. The van der Waals surface area contributed by atoms with Crippen molar-refractivity contribution in [3.05, 3.63) is 23.8 Å². The van der Waals surface area contributed by atoms with Crippen LogP contribution in [0.2, 0.25) is 0 Å². The number of carbonyl (C=O) groups is 3. The predicted molar refractivity (Wildman–Crippen MR) is 71.2 cm³/mol. The topological polar surface area (TPSA) is 122 Å². The van der Waals surface area contributed by atoms with Gasteiger partial charge in [-0.1, -0.05) is 0 Å². The standard InChI is InChI=1S/C13H13NO7/c1-20-10-4-3-7(13(19)21-2)5-9(10)14-6-8(11(15)16)12(17)18/h3-6,8H,1-2H3,(H,15,16)(H,17,18). The molecule has 0 amide bonds. The number of nitrogens with zero attached hydrogens (tertiary/aromatic N) is 1. The van der Waals surface area contributed by atoms with Crippen LogP contribution in [0.1, 0.15) is 10.4 Å². The Morgan fingerprint density at radius 2 is 1.81 bits per heavy atom. The van der Waals surface area contributed by atoms with Crippen molar-refractivity contribution < 1.29 is 34.1 Å². The van der Waals surface area contributed by atoms with Crippen molar-refractivity contribution >= 4 is 29.8 Å². The molecule has 0 unspecified atom stereocenters. The van der Waals surface area contributed by atoms with Crippen molar-refractivity contribution in [2.45, 2.75) is 0 Å². The minimum atomic E-state index is -1.79. The molecule has 0 heterocycles. The van der Waals surface area contributed by atoms with Crippen LogP contribution in [0.4, 0.5) is 5.69 Å². The molecule has 1 aromatic rings. The molecule has 0 saturated heterocycles. The number of carbonyl (C=O) groups excluding carboxylic acids is 1. The maximum Gasteiger partial charge on any atom is 0.337 e. The molecule has 0 aliphatic rings. The molecule has 0 aromatic heterocycles. The van der Waals surface area contributed by atoms with Crippen molar-refractivity contribution in [1.82, 2.24) is 0 Å². The Morgan fingerprint density at radius 3 is 2.29 bits per heavy atom. The van der Waals surface area contributed by atoms with Gasteiger partial charge in [-0.05, 0) is 18.2 Å². The normalized spacial score (nSPS) is 10.6. The van der Waals surface area contributed by atoms with Gasteiger partial charge in [0.15, 0.2) is 5.92 Å². The number of ether oxygens (including phenoxy) is 2. The molecule has 21 heavy (non-hydrogen) atoms. The monoisotopic (exact) mass is 295 g/mol. The molecule has 0 spiro atoms. The number of esters is 1. The molecule has 0 saturated carbocycles. The van der Waals surface area contributed by atoms with Crippen molar-refractivity contribution in [1.29, 1.82) is 0 Å². The second-order valence-electron chi connectivity index (χ2n) is 3.81. The zero-order chi connectivity index (χ0) is 16.0. The smallest absolute Gasteiger partial charge is 0.337 e. The largest absolute Gasteiger partial charge is 0.494 e. The summed E-state index contributed by atoms with van der Waals surface area (Å²) in [6.45, 7) is 0. The van der Waals surface area contributed by atoms with Crippen LogP contribution in [0.5, 0.6) is 5.75 Å². The van der Waals surface area contributed by atoms with Gasteiger partial charge in [0.25, 0.3) is 0 Å². The van der Waals surface area contributed by atoms with E-state index in [2.05, 4.69) is 9.73 Å². The van der Waals surface area contributed by atoms with E-state index in [0.717, 1.165) is 6.21 Å². The highest BCUT2D eigenvalue weighted by Gasteiger charge is 2.23. The molecule has 0 bridgehead atoms. The summed E-state index contributed by atoms with van der Waals surface area (Å²) in [5.74, 6) is -5.24. The third-order valence-corrected chi connectivity index (χ3v) is 2.49. The number of benzene rings is 1. The van der Waals surface area contributed by atoms with Crippen LogP contribution in [0.25, 0.3) is 0 Å². The number of methoxy groups -OCH3 is 2. The molecule has 8 heteroatoms. The highest BCUT2D eigenvalue weighted by atomic mass is 16.5. The second-order valence-corrected chi connectivity index (χ2v) is 3.81. The summed E-state index contributed by atoms with van der Waals surface area (Å²) < 4.78 is 9.55. The Kier molecular flexibility index (Phi) is 5.41. The SMILES string of the molecule is COC(=O)c1ccc(OC)c(N=CC(C(=O)O)C(=O)O)c1. The Hall–Kier alpha value is -2.90. The van der Waals surface area contributed by atoms with Gasteiger partial charge in [-0.2, -0.15) is 0 Å². The number of rotatable bonds is 6. The molecule has 8 nitrogen and oxygen atoms in total. The van der Waals surface area contributed by atoms with Crippen LogP contribution in [-0.2, 0) is 14.3 Å². The molecule has 1 rings (SSSR count). The van der Waals surface area contributed by atoms with Crippen LogP contribution in [-0.4, -0.2) is 48.6 Å². The number of carboxylic acid groups (broad SMARTS) is 2. The van der Waals surface area contributed by atoms with E-state index >= 15 is 0 Å². The van der Waals surface area contributed by atoms with E-state index in [1.807, 2.05) is 0 Å². The summed E-state index contributed by atoms with van der Waals surface area (Å²) in [6.07, 6.45) is 0.754. The first-order chi connectivity index (χ1) is 9.90. The summed E-state index contributed by atoms with van der Waals surface area (Å²) >= 11 is 0. The van der Waals surface area contributed by atoms with Crippen LogP contribution in [0.3, 0.4) is 0 Å². The lowest BCUT2D eigenvalue weighted by molar-refractivity contribution is -0.150. The lowest BCUT2D eigenvalue weighted by atomic mass is 10.1. The minimum Gasteiger partial charge on any atom is -0.494 e. The van der Waals surface area contributed by atoms with Gasteiger partial charge < -0.3 is 19.7 Å². The van der Waals surface area contributed by atoms with E-state index in [9.17, 15) is 14.4 Å². The molecule has 0 atom stereocenters. The number of carboxylic acids is 2. The second kappa shape index (κ2) is 7.04. The quantitative estimate of drug-likeness (QED) is 0.455. The third kappa shape index (κ3) is 4.03. The lowest BCUT2D eigenvalue weighted by Gasteiger charge is -2.07. The molecule has 2 N–H and O–H groups in total. The van der Waals surface area contributed by atoms with Gasteiger partial charge in [0.05, 0.1) is 19.8 Å². The van der Waals surface area contributed by atoms with E-state index in [4.69, 9.17) is 14.9 Å². The zero-order valence-corrected chi connectivity index (χ0v) is 11.3. The summed E-state index contributed by atoms with van der Waals surface area (Å²) in [5, 5.41) is 17.5. The van der Waals surface area contributed by atoms with Crippen LogP contribution in [0.15, 0.2) is 23.2 Å². The van der Waals surface area contributed by atoms with E-state index in [0.29, 0.717) is 0 Å². The van der Waals surface area contributed by atoms with Crippen molar-refractivity contribution in [3.63, 3.8) is 0 Å². The number of hydrogen-bond donors (Lipinski definition) is 2. The maximum absolute atomic E-state index is 11.4. The van der Waals surface area contributed by atoms with Crippen molar-refractivity contribution in [2.24, 2.45) is 10.9 Å². The molecule has 0 fully saturated rings. The first kappa shape index (κ1) is 16.2. The lowest BCUT2D eigenvalue weighted by Crippen LogP contribution is -2.24. The fourth-order valence-corrected chi connectivity index (χ4v) is 1.42. The van der Waals surface area contributed by atoms with Gasteiger partial charge in [-0.25, -0.2) is 4.79 Å². The van der Waals surface area contributed by atoms with E-state index in [1.54, 1.807) is 0 Å². The third-order valence-electron chi connectivity index (χ3n) is 2.49. The van der Waals surface area contributed by atoms with Crippen LogP contribution in [0, 0.1) is 5.92 Å². The maximum atomic E-state index is 11.4. The van der Waals surface area contributed by atoms with Gasteiger partial charge >= 0.3 is 17.9 Å². The van der Waals surface area contributed by atoms with Gasteiger partial charge in [0.2, 0.25) is 0 Å². The number of hydrogen-bond acceptors (Lipinski definition) is 6. The Bertz CT molecular complexity index is 580. The van der Waals surface area contributed by atoms with Gasteiger partial charge in [0, 0.05) is 6.21 Å². The van der Waals surface area contributed by atoms with Gasteiger partial charge in [-0.3, -0.25) is 14.6 Å². The molecule has 0 radical (unpaired) electrons. The molecule has 0 aliphatic heterocycles. The molecular formula is C13H13NO7. The van der Waals surface area contributed by atoms with Gasteiger partial charge in [-0.15, -0.1) is 0 Å². The summed E-state index contributed by atoms with van der Waals surface area (Å²) in [4.78, 5) is 36.7. The predicted octanol–water partition coefficient (Wildman–Crippen LogP) is 0.970. The van der Waals surface area contributed by atoms with E-state index < -0.39 is 23.8 Å². The average molecular weight is 295 g/mol. The molecular weight excluding hydrogens is 282 g/mol. The molecule has 112 valence electrons. The summed E-state index contributed by atoms with van der Waals surface area (Å²) in [7, 11) is 2.57. The fourth-order valence-electron chi connectivity index (χ4n) is 1.42. The first-order valence-electron chi connectivity index (χ1n) is 5.66. The molecule has 1 aromatic carbocycles. The van der Waals surface area contributed by atoms with Crippen molar-refractivity contribution in [3.8, 4) is 5.75 Å². The highest BCUT2D eigenvalue weighted by molar-refractivity contribution is 6.08. The summed E-state index contributed by atoms with van der Waals surface area (Å²) in [5.41, 5.74) is 0.292. The van der Waals surface area contributed by atoms with E-state index in [-0.39, 0.29) is 17.0 Å². The van der Waals surface area contributed by atoms with Gasteiger partial charge in [0.1, 0.15) is 11.4 Å². The fraction of sp³-hybridized carbons (Fsp3) is 0.231. The first-order valence-corrected chi connectivity index (χ1v) is 5.66. The summed E-state index contributed by atoms with van der Waals surface area (Å²) in [6, 6.07) is 4.19. The molecule has 0 aliphatic carbocycles. The van der Waals surface area contributed by atoms with E-state index in [1.165, 1.54) is 32.4 Å². The number of aliphatic carboxylic acids is 2. The average Bonchev–Trinajstić information content (AvgIpc) is 2.45. The van der Waals surface area contributed by atoms with Crippen molar-refractivity contribution in [2.75, 3.05) is 14.2 Å².